The second kappa shape index (κ2) is 6.98. The third-order valence-corrected chi connectivity index (χ3v) is 4.85. The molecule has 3 rings (SSSR count). The number of hydrogen-bond acceptors (Lipinski definition) is 4. The largest absolute Gasteiger partial charge is 0.345 e. The van der Waals surface area contributed by atoms with Crippen LogP contribution in [0.3, 0.4) is 0 Å². The Labute approximate surface area is 138 Å². The minimum Gasteiger partial charge on any atom is -0.345 e. The van der Waals surface area contributed by atoms with Gasteiger partial charge in [0.25, 0.3) is 0 Å². The van der Waals surface area contributed by atoms with E-state index in [-0.39, 0.29) is 6.03 Å². The number of halogens is 1. The van der Waals surface area contributed by atoms with Gasteiger partial charge in [0, 0.05) is 49.3 Å². The van der Waals surface area contributed by atoms with Gasteiger partial charge in [0.05, 0.1) is 0 Å². The summed E-state index contributed by atoms with van der Waals surface area (Å²) in [6.07, 6.45) is 1.81. The van der Waals surface area contributed by atoms with Gasteiger partial charge in [0.2, 0.25) is 0 Å². The Bertz CT molecular complexity index is 626. The molecule has 0 saturated carbocycles. The van der Waals surface area contributed by atoms with Gasteiger partial charge in [-0.3, -0.25) is 0 Å². The van der Waals surface area contributed by atoms with E-state index < -0.39 is 0 Å². The topological polar surface area (TPSA) is 48.5 Å². The summed E-state index contributed by atoms with van der Waals surface area (Å²) in [7, 11) is 0. The molecule has 1 aliphatic heterocycles. The molecular weight excluding hydrogens is 320 g/mol. The van der Waals surface area contributed by atoms with Crippen LogP contribution in [-0.2, 0) is 6.54 Å². The molecule has 116 valence electrons. The van der Waals surface area contributed by atoms with Crippen LogP contribution in [0.25, 0.3) is 0 Å². The number of benzene rings is 1. The lowest BCUT2D eigenvalue weighted by Gasteiger charge is -2.34. The second-order valence-corrected chi connectivity index (χ2v) is 6.32. The first kappa shape index (κ1) is 15.1. The molecule has 1 aliphatic rings. The Hall–Kier alpha value is -1.79. The van der Waals surface area contributed by atoms with Crippen molar-refractivity contribution in [3.05, 3.63) is 46.4 Å². The molecule has 0 radical (unpaired) electrons. The molecule has 1 aromatic heterocycles. The average Bonchev–Trinajstić information content (AvgIpc) is 3.08. The van der Waals surface area contributed by atoms with Gasteiger partial charge in [-0.1, -0.05) is 29.8 Å². The summed E-state index contributed by atoms with van der Waals surface area (Å²) < 4.78 is 0. The Morgan fingerprint density at radius 2 is 2.05 bits per heavy atom. The third kappa shape index (κ3) is 3.51. The number of anilines is 1. The van der Waals surface area contributed by atoms with E-state index in [1.807, 2.05) is 40.7 Å². The zero-order chi connectivity index (χ0) is 15.4. The lowest BCUT2D eigenvalue weighted by Crippen LogP contribution is -2.51. The molecule has 0 spiro atoms. The van der Waals surface area contributed by atoms with Crippen molar-refractivity contribution in [3.8, 4) is 0 Å². The summed E-state index contributed by atoms with van der Waals surface area (Å²) in [6, 6.07) is 7.50. The number of piperazine rings is 1. The van der Waals surface area contributed by atoms with Crippen molar-refractivity contribution in [1.29, 1.82) is 0 Å². The van der Waals surface area contributed by atoms with Gasteiger partial charge in [0.1, 0.15) is 0 Å². The molecule has 7 heteroatoms. The monoisotopic (exact) mass is 336 g/mol. The molecule has 1 aromatic carbocycles. The summed E-state index contributed by atoms with van der Waals surface area (Å²) >= 11 is 7.72. The van der Waals surface area contributed by atoms with E-state index in [0.29, 0.717) is 24.7 Å². The number of hydrogen-bond donors (Lipinski definition) is 1. The highest BCUT2D eigenvalue weighted by Gasteiger charge is 2.22. The molecule has 1 fully saturated rings. The maximum absolute atomic E-state index is 12.2. The van der Waals surface area contributed by atoms with Gasteiger partial charge in [0.15, 0.2) is 5.13 Å². The summed E-state index contributed by atoms with van der Waals surface area (Å²) in [5.41, 5.74) is 0.930. The Balaban J connectivity index is 1.49. The van der Waals surface area contributed by atoms with Crippen LogP contribution in [0.5, 0.6) is 0 Å². The number of rotatable bonds is 3. The van der Waals surface area contributed by atoms with Crippen LogP contribution >= 0.6 is 22.9 Å². The Kier molecular flexibility index (Phi) is 4.80. The van der Waals surface area contributed by atoms with Crippen LogP contribution in [0.2, 0.25) is 5.02 Å². The van der Waals surface area contributed by atoms with Crippen LogP contribution in [-0.4, -0.2) is 42.1 Å². The third-order valence-electron chi connectivity index (χ3n) is 3.64. The minimum atomic E-state index is -0.0429. The molecule has 0 unspecified atom stereocenters. The van der Waals surface area contributed by atoms with Crippen LogP contribution in [0.4, 0.5) is 9.93 Å². The Morgan fingerprint density at radius 3 is 2.73 bits per heavy atom. The highest BCUT2D eigenvalue weighted by atomic mass is 35.5. The predicted molar refractivity (Wildman–Crippen MR) is 89.6 cm³/mol. The van der Waals surface area contributed by atoms with Crippen molar-refractivity contribution < 1.29 is 4.79 Å². The van der Waals surface area contributed by atoms with Crippen LogP contribution < -0.4 is 10.2 Å². The van der Waals surface area contributed by atoms with Gasteiger partial charge < -0.3 is 15.1 Å². The van der Waals surface area contributed by atoms with Gasteiger partial charge in [-0.05, 0) is 11.6 Å². The van der Waals surface area contributed by atoms with E-state index >= 15 is 0 Å². The molecular formula is C15H17ClN4OS. The molecule has 22 heavy (non-hydrogen) atoms. The van der Waals surface area contributed by atoms with E-state index in [2.05, 4.69) is 15.2 Å². The fourth-order valence-corrected chi connectivity index (χ4v) is 3.30. The van der Waals surface area contributed by atoms with Crippen molar-refractivity contribution in [2.45, 2.75) is 6.54 Å². The Morgan fingerprint density at radius 1 is 1.27 bits per heavy atom. The standard InChI is InChI=1S/C15H17ClN4OS/c16-13-4-2-1-3-12(13)11-18-14(21)19-6-8-20(9-7-19)15-17-5-10-22-15/h1-5,10H,6-9,11H2,(H,18,21). The van der Waals surface area contributed by atoms with E-state index in [1.54, 1.807) is 11.3 Å². The van der Waals surface area contributed by atoms with Gasteiger partial charge in [-0.25, -0.2) is 9.78 Å². The molecule has 2 amide bonds. The highest BCUT2D eigenvalue weighted by Crippen LogP contribution is 2.19. The number of thiazole rings is 1. The van der Waals surface area contributed by atoms with Crippen molar-refractivity contribution in [1.82, 2.24) is 15.2 Å². The van der Waals surface area contributed by atoms with Crippen molar-refractivity contribution in [2.75, 3.05) is 31.1 Å². The first-order valence-corrected chi connectivity index (χ1v) is 8.40. The number of carbonyl (C=O) groups is 1. The van der Waals surface area contributed by atoms with Crippen molar-refractivity contribution in [3.63, 3.8) is 0 Å². The average molecular weight is 337 g/mol. The summed E-state index contributed by atoms with van der Waals surface area (Å²) in [5, 5.41) is 6.60. The number of urea groups is 1. The minimum absolute atomic E-state index is 0.0429. The predicted octanol–water partition coefficient (Wildman–Crippen LogP) is 2.83. The van der Waals surface area contributed by atoms with Crippen molar-refractivity contribution >= 4 is 34.1 Å². The molecule has 2 aromatic rings. The summed E-state index contributed by atoms with van der Waals surface area (Å²) in [6.45, 7) is 3.48. The highest BCUT2D eigenvalue weighted by molar-refractivity contribution is 7.13. The van der Waals surface area contributed by atoms with Gasteiger partial charge in [-0.2, -0.15) is 0 Å². The smallest absolute Gasteiger partial charge is 0.317 e. The first-order valence-electron chi connectivity index (χ1n) is 7.14. The fraction of sp³-hybridized carbons (Fsp3) is 0.333. The van der Waals surface area contributed by atoms with Gasteiger partial charge >= 0.3 is 6.03 Å². The maximum Gasteiger partial charge on any atom is 0.317 e. The van der Waals surface area contributed by atoms with E-state index in [0.717, 1.165) is 23.8 Å². The molecule has 5 nitrogen and oxygen atoms in total. The van der Waals surface area contributed by atoms with E-state index in [4.69, 9.17) is 11.6 Å². The lowest BCUT2D eigenvalue weighted by atomic mass is 10.2. The molecule has 0 atom stereocenters. The maximum atomic E-state index is 12.2. The molecule has 2 heterocycles. The molecule has 0 bridgehead atoms. The van der Waals surface area contributed by atoms with Crippen molar-refractivity contribution in [2.24, 2.45) is 0 Å². The number of aromatic nitrogens is 1. The van der Waals surface area contributed by atoms with Gasteiger partial charge in [-0.15, -0.1) is 11.3 Å². The van der Waals surface area contributed by atoms with Crippen LogP contribution in [0.1, 0.15) is 5.56 Å². The quantitative estimate of drug-likeness (QED) is 0.937. The number of carbonyl (C=O) groups excluding carboxylic acids is 1. The van der Waals surface area contributed by atoms with Crippen LogP contribution in [0.15, 0.2) is 35.8 Å². The second-order valence-electron chi connectivity index (χ2n) is 5.04. The van der Waals surface area contributed by atoms with E-state index in [9.17, 15) is 4.79 Å². The molecule has 1 saturated heterocycles. The van der Waals surface area contributed by atoms with E-state index in [1.165, 1.54) is 0 Å². The molecule has 0 aliphatic carbocycles. The number of nitrogens with zero attached hydrogens (tertiary/aromatic N) is 3. The number of nitrogens with one attached hydrogen (secondary N) is 1. The zero-order valence-corrected chi connectivity index (χ0v) is 13.6. The zero-order valence-electron chi connectivity index (χ0n) is 12.0. The lowest BCUT2D eigenvalue weighted by molar-refractivity contribution is 0.194. The normalized spacial score (nSPS) is 15.0. The SMILES string of the molecule is O=C(NCc1ccccc1Cl)N1CCN(c2nccs2)CC1. The summed E-state index contributed by atoms with van der Waals surface area (Å²) in [5.74, 6) is 0. The number of amides is 2. The van der Waals surface area contributed by atoms with Crippen LogP contribution in [0, 0.1) is 0 Å². The first-order chi connectivity index (χ1) is 10.7. The fourth-order valence-electron chi connectivity index (χ4n) is 2.40. The molecule has 1 N–H and O–H groups in total. The summed E-state index contributed by atoms with van der Waals surface area (Å²) in [4.78, 5) is 20.6.